The lowest BCUT2D eigenvalue weighted by atomic mass is 10.2. The van der Waals surface area contributed by atoms with Gasteiger partial charge in [-0.1, -0.05) is 0 Å². The second-order valence-corrected chi connectivity index (χ2v) is 4.56. The van der Waals surface area contributed by atoms with Gasteiger partial charge in [0.1, 0.15) is 11.6 Å². The number of carbonyl (C=O) groups excluding carboxylic acids is 1. The molecule has 1 rings (SSSR count). The van der Waals surface area contributed by atoms with Gasteiger partial charge in [0.25, 0.3) is 0 Å². The zero-order chi connectivity index (χ0) is 11.5. The van der Waals surface area contributed by atoms with Gasteiger partial charge < -0.3 is 9.64 Å². The van der Waals surface area contributed by atoms with Crippen molar-refractivity contribution in [1.82, 2.24) is 10.2 Å². The molecule has 5 heteroatoms. The molecule has 0 bridgehead atoms. The largest absolute Gasteiger partial charge is 0.444 e. The van der Waals surface area contributed by atoms with Gasteiger partial charge in [0.05, 0.1) is 12.6 Å². The lowest BCUT2D eigenvalue weighted by Gasteiger charge is -2.32. The van der Waals surface area contributed by atoms with E-state index in [0.717, 1.165) is 0 Å². The summed E-state index contributed by atoms with van der Waals surface area (Å²) in [6.07, 6.45) is -0.343. The number of hydrogen-bond acceptors (Lipinski definition) is 4. The van der Waals surface area contributed by atoms with Crippen molar-refractivity contribution in [2.75, 3.05) is 19.6 Å². The van der Waals surface area contributed by atoms with Crippen LogP contribution in [0, 0.1) is 11.3 Å². The molecule has 0 radical (unpaired) electrons. The molecule has 0 unspecified atom stereocenters. The van der Waals surface area contributed by atoms with Crippen LogP contribution in [0.15, 0.2) is 0 Å². The summed E-state index contributed by atoms with van der Waals surface area (Å²) in [4.78, 5) is 13.2. The SMILES string of the molecule is CC(C)(C)OC(=O)N1CCN[C@H](C#N)C1. The van der Waals surface area contributed by atoms with Gasteiger partial charge in [-0.3, -0.25) is 5.32 Å². The molecule has 5 nitrogen and oxygen atoms in total. The van der Waals surface area contributed by atoms with Crippen LogP contribution in [0.25, 0.3) is 0 Å². The van der Waals surface area contributed by atoms with Crippen LogP contribution < -0.4 is 5.32 Å². The van der Waals surface area contributed by atoms with E-state index in [-0.39, 0.29) is 12.1 Å². The summed E-state index contributed by atoms with van der Waals surface area (Å²) in [7, 11) is 0. The standard InChI is InChI=1S/C10H17N3O2/c1-10(2,3)15-9(14)13-5-4-12-8(6-11)7-13/h8,12H,4-5,7H2,1-3H3/t8-/m1/s1. The predicted octanol–water partition coefficient (Wildman–Crippen LogP) is 0.719. The van der Waals surface area contributed by atoms with E-state index in [9.17, 15) is 4.79 Å². The van der Waals surface area contributed by atoms with E-state index in [1.807, 2.05) is 20.8 Å². The fraction of sp³-hybridized carbons (Fsp3) is 0.800. The average molecular weight is 211 g/mol. The van der Waals surface area contributed by atoms with Gasteiger partial charge in [0.2, 0.25) is 0 Å². The van der Waals surface area contributed by atoms with Crippen molar-refractivity contribution in [2.24, 2.45) is 0 Å². The zero-order valence-corrected chi connectivity index (χ0v) is 9.41. The Morgan fingerprint density at radius 3 is 2.80 bits per heavy atom. The molecule has 0 aromatic heterocycles. The van der Waals surface area contributed by atoms with Gasteiger partial charge in [-0.15, -0.1) is 0 Å². The number of hydrogen-bond donors (Lipinski definition) is 1. The van der Waals surface area contributed by atoms with E-state index in [2.05, 4.69) is 11.4 Å². The Bertz CT molecular complexity index is 277. The Kier molecular flexibility index (Phi) is 3.53. The van der Waals surface area contributed by atoms with Crippen molar-refractivity contribution in [3.8, 4) is 6.07 Å². The van der Waals surface area contributed by atoms with Crippen molar-refractivity contribution in [3.63, 3.8) is 0 Å². The first-order valence-corrected chi connectivity index (χ1v) is 5.03. The minimum absolute atomic E-state index is 0.286. The minimum atomic E-state index is -0.482. The van der Waals surface area contributed by atoms with Crippen molar-refractivity contribution >= 4 is 6.09 Å². The number of rotatable bonds is 0. The van der Waals surface area contributed by atoms with Crippen molar-refractivity contribution in [2.45, 2.75) is 32.4 Å². The molecule has 1 N–H and O–H groups in total. The molecule has 0 spiro atoms. The summed E-state index contributed by atoms with van der Waals surface area (Å²) >= 11 is 0. The fourth-order valence-corrected chi connectivity index (χ4v) is 1.33. The number of amides is 1. The number of nitrogens with one attached hydrogen (secondary N) is 1. The Labute approximate surface area is 90.0 Å². The molecule has 0 aliphatic carbocycles. The van der Waals surface area contributed by atoms with Gasteiger partial charge in [-0.05, 0) is 20.8 Å². The molecule has 0 aromatic rings. The molecule has 0 aromatic carbocycles. The Morgan fingerprint density at radius 1 is 1.60 bits per heavy atom. The van der Waals surface area contributed by atoms with Crippen LogP contribution in [-0.2, 0) is 4.74 Å². The maximum absolute atomic E-state index is 11.6. The summed E-state index contributed by atoms with van der Waals surface area (Å²) in [6, 6.07) is 1.81. The van der Waals surface area contributed by atoms with E-state index in [0.29, 0.717) is 19.6 Å². The maximum atomic E-state index is 11.6. The number of nitrogens with zero attached hydrogens (tertiary/aromatic N) is 2. The van der Waals surface area contributed by atoms with Crippen LogP contribution in [-0.4, -0.2) is 42.3 Å². The van der Waals surface area contributed by atoms with E-state index >= 15 is 0 Å². The lowest BCUT2D eigenvalue weighted by molar-refractivity contribution is 0.0212. The van der Waals surface area contributed by atoms with E-state index in [1.54, 1.807) is 4.90 Å². The highest BCUT2D eigenvalue weighted by molar-refractivity contribution is 5.68. The zero-order valence-electron chi connectivity index (χ0n) is 9.41. The highest BCUT2D eigenvalue weighted by atomic mass is 16.6. The molecule has 0 saturated carbocycles. The summed E-state index contributed by atoms with van der Waals surface area (Å²) in [6.45, 7) is 7.11. The maximum Gasteiger partial charge on any atom is 0.410 e. The molecule has 15 heavy (non-hydrogen) atoms. The van der Waals surface area contributed by atoms with Crippen molar-refractivity contribution < 1.29 is 9.53 Å². The van der Waals surface area contributed by atoms with Gasteiger partial charge in [-0.25, -0.2) is 4.79 Å². The van der Waals surface area contributed by atoms with Crippen LogP contribution in [0.1, 0.15) is 20.8 Å². The molecule has 1 fully saturated rings. The highest BCUT2D eigenvalue weighted by Crippen LogP contribution is 2.11. The van der Waals surface area contributed by atoms with E-state index in [1.165, 1.54) is 0 Å². The van der Waals surface area contributed by atoms with E-state index in [4.69, 9.17) is 10.00 Å². The molecular weight excluding hydrogens is 194 g/mol. The van der Waals surface area contributed by atoms with Crippen molar-refractivity contribution in [1.29, 1.82) is 5.26 Å². The first kappa shape index (κ1) is 11.8. The van der Waals surface area contributed by atoms with Gasteiger partial charge in [0, 0.05) is 13.1 Å². The second-order valence-electron chi connectivity index (χ2n) is 4.56. The Balaban J connectivity index is 2.50. The summed E-state index contributed by atoms with van der Waals surface area (Å²) in [5.74, 6) is 0. The molecule has 1 saturated heterocycles. The number of piperazine rings is 1. The van der Waals surface area contributed by atoms with Crippen LogP contribution in [0.2, 0.25) is 0 Å². The molecule has 1 amide bonds. The molecular formula is C10H17N3O2. The van der Waals surface area contributed by atoms with Crippen LogP contribution >= 0.6 is 0 Å². The van der Waals surface area contributed by atoms with Crippen LogP contribution in [0.4, 0.5) is 4.79 Å². The summed E-state index contributed by atoms with van der Waals surface area (Å²) in [5, 5.41) is 11.7. The minimum Gasteiger partial charge on any atom is -0.444 e. The van der Waals surface area contributed by atoms with Gasteiger partial charge >= 0.3 is 6.09 Å². The highest BCUT2D eigenvalue weighted by Gasteiger charge is 2.26. The number of nitriles is 1. The first-order valence-electron chi connectivity index (χ1n) is 5.03. The number of carbonyl (C=O) groups is 1. The third-order valence-electron chi connectivity index (χ3n) is 1.98. The third-order valence-corrected chi connectivity index (χ3v) is 1.98. The Morgan fingerprint density at radius 2 is 2.27 bits per heavy atom. The second kappa shape index (κ2) is 4.49. The fourth-order valence-electron chi connectivity index (χ4n) is 1.33. The monoisotopic (exact) mass is 211 g/mol. The normalized spacial score (nSPS) is 22.0. The molecule has 1 atom stereocenters. The quantitative estimate of drug-likeness (QED) is 0.641. The number of ether oxygens (including phenoxy) is 1. The van der Waals surface area contributed by atoms with Gasteiger partial charge in [0.15, 0.2) is 0 Å². The average Bonchev–Trinajstić information content (AvgIpc) is 2.15. The third kappa shape index (κ3) is 3.76. The van der Waals surface area contributed by atoms with Crippen LogP contribution in [0.5, 0.6) is 0 Å². The molecule has 84 valence electrons. The predicted molar refractivity (Wildman–Crippen MR) is 55.2 cm³/mol. The summed E-state index contributed by atoms with van der Waals surface area (Å²) in [5.41, 5.74) is -0.482. The Hall–Kier alpha value is -1.28. The lowest BCUT2D eigenvalue weighted by Crippen LogP contribution is -2.53. The molecule has 1 aliphatic heterocycles. The van der Waals surface area contributed by atoms with Crippen LogP contribution in [0.3, 0.4) is 0 Å². The van der Waals surface area contributed by atoms with E-state index < -0.39 is 5.60 Å². The van der Waals surface area contributed by atoms with Gasteiger partial charge in [-0.2, -0.15) is 5.26 Å². The summed E-state index contributed by atoms with van der Waals surface area (Å²) < 4.78 is 5.22. The molecule has 1 aliphatic rings. The molecule has 1 heterocycles. The first-order chi connectivity index (χ1) is 6.92. The topological polar surface area (TPSA) is 65.4 Å². The van der Waals surface area contributed by atoms with Crippen molar-refractivity contribution in [3.05, 3.63) is 0 Å². The smallest absolute Gasteiger partial charge is 0.410 e.